The molecule has 0 spiro atoms. The van der Waals surface area contributed by atoms with Gasteiger partial charge in [-0.25, -0.2) is 0 Å². The van der Waals surface area contributed by atoms with Gasteiger partial charge in [0.1, 0.15) is 0 Å². The zero-order chi connectivity index (χ0) is 8.27. The monoisotopic (exact) mass is 149 g/mol. The Labute approximate surface area is 64.2 Å². The first-order valence-electron chi connectivity index (χ1n) is 2.98. The molecule has 0 bridgehead atoms. The summed E-state index contributed by atoms with van der Waals surface area (Å²) in [6.07, 6.45) is 8.02. The van der Waals surface area contributed by atoms with Crippen LogP contribution in [0.2, 0.25) is 0 Å². The summed E-state index contributed by atoms with van der Waals surface area (Å²) in [5.41, 5.74) is 0.607. The van der Waals surface area contributed by atoms with E-state index < -0.39 is 5.91 Å². The fraction of sp³-hybridized carbons (Fsp3) is 0.143. The maximum absolute atomic E-state index is 10.6. The number of carbonyl (C=O) groups is 1. The number of aromatic nitrogens is 2. The van der Waals surface area contributed by atoms with Crippen LogP contribution in [0.3, 0.4) is 0 Å². The summed E-state index contributed by atoms with van der Waals surface area (Å²) >= 11 is 0. The van der Waals surface area contributed by atoms with E-state index in [4.69, 9.17) is 6.42 Å². The van der Waals surface area contributed by atoms with Gasteiger partial charge in [-0.05, 0) is 5.92 Å². The molecule has 1 aromatic rings. The second kappa shape index (κ2) is 2.88. The van der Waals surface area contributed by atoms with Crippen LogP contribution >= 0.6 is 0 Å². The number of nitrogens with one attached hydrogen (secondary N) is 1. The van der Waals surface area contributed by atoms with Gasteiger partial charge in [0, 0.05) is 13.2 Å². The maximum Gasteiger partial charge on any atom is 0.300 e. The summed E-state index contributed by atoms with van der Waals surface area (Å²) in [5.74, 6) is 1.48. The van der Waals surface area contributed by atoms with Gasteiger partial charge in [-0.1, -0.05) is 0 Å². The van der Waals surface area contributed by atoms with Crippen LogP contribution in [0.5, 0.6) is 0 Å². The van der Waals surface area contributed by atoms with Crippen LogP contribution in [0.25, 0.3) is 0 Å². The van der Waals surface area contributed by atoms with E-state index in [0.29, 0.717) is 5.69 Å². The van der Waals surface area contributed by atoms with Gasteiger partial charge >= 0.3 is 0 Å². The van der Waals surface area contributed by atoms with Crippen molar-refractivity contribution in [2.75, 3.05) is 5.32 Å². The molecule has 0 unspecified atom stereocenters. The third-order valence-corrected chi connectivity index (χ3v) is 1.09. The van der Waals surface area contributed by atoms with E-state index in [1.54, 1.807) is 17.9 Å². The molecule has 4 nitrogen and oxygen atoms in total. The lowest BCUT2D eigenvalue weighted by molar-refractivity contribution is -0.111. The summed E-state index contributed by atoms with van der Waals surface area (Å²) < 4.78 is 1.58. The lowest BCUT2D eigenvalue weighted by Crippen LogP contribution is -2.06. The third kappa shape index (κ3) is 1.83. The van der Waals surface area contributed by atoms with Gasteiger partial charge in [-0.2, -0.15) is 5.10 Å². The molecule has 0 fully saturated rings. The molecular weight excluding hydrogens is 142 g/mol. The zero-order valence-corrected chi connectivity index (χ0v) is 6.03. The fourth-order valence-corrected chi connectivity index (χ4v) is 0.653. The van der Waals surface area contributed by atoms with Gasteiger partial charge in [0.2, 0.25) is 0 Å². The van der Waals surface area contributed by atoms with Crippen molar-refractivity contribution in [2.45, 2.75) is 0 Å². The summed E-state index contributed by atoms with van der Waals surface area (Å²) in [7, 11) is 1.76. The van der Waals surface area contributed by atoms with Gasteiger partial charge in [-0.3, -0.25) is 9.48 Å². The Morgan fingerprint density at radius 1 is 1.91 bits per heavy atom. The minimum atomic E-state index is -0.460. The number of carbonyl (C=O) groups excluding carboxylic acids is 1. The second-order valence-corrected chi connectivity index (χ2v) is 2.00. The molecule has 0 aliphatic carbocycles. The molecule has 0 aliphatic heterocycles. The van der Waals surface area contributed by atoms with E-state index in [2.05, 4.69) is 10.4 Å². The minimum absolute atomic E-state index is 0.460. The van der Waals surface area contributed by atoms with E-state index >= 15 is 0 Å². The molecule has 0 aliphatic rings. The molecule has 0 atom stereocenters. The average molecular weight is 149 g/mol. The number of aryl methyl sites for hydroxylation is 1. The van der Waals surface area contributed by atoms with Crippen molar-refractivity contribution < 1.29 is 4.79 Å². The van der Waals surface area contributed by atoms with Crippen LogP contribution < -0.4 is 5.32 Å². The highest BCUT2D eigenvalue weighted by molar-refractivity contribution is 6.03. The van der Waals surface area contributed by atoms with Crippen molar-refractivity contribution in [3.8, 4) is 12.3 Å². The van der Waals surface area contributed by atoms with Gasteiger partial charge < -0.3 is 5.32 Å². The predicted molar refractivity (Wildman–Crippen MR) is 40.7 cm³/mol. The second-order valence-electron chi connectivity index (χ2n) is 2.00. The molecule has 0 radical (unpaired) electrons. The quantitative estimate of drug-likeness (QED) is 0.571. The molecular formula is C7H7N3O. The third-order valence-electron chi connectivity index (χ3n) is 1.09. The van der Waals surface area contributed by atoms with Crippen LogP contribution in [-0.4, -0.2) is 15.7 Å². The zero-order valence-electron chi connectivity index (χ0n) is 6.03. The van der Waals surface area contributed by atoms with Crippen molar-refractivity contribution in [2.24, 2.45) is 7.05 Å². The summed E-state index contributed by atoms with van der Waals surface area (Å²) in [5, 5.41) is 6.29. The molecule has 1 N–H and O–H groups in total. The summed E-state index contributed by atoms with van der Waals surface area (Å²) in [6, 6.07) is 0. The number of terminal acetylenes is 1. The Morgan fingerprint density at radius 2 is 2.64 bits per heavy atom. The van der Waals surface area contributed by atoms with E-state index in [-0.39, 0.29) is 0 Å². The van der Waals surface area contributed by atoms with Crippen molar-refractivity contribution >= 4 is 11.6 Å². The number of hydrogen-bond acceptors (Lipinski definition) is 2. The molecule has 0 saturated heterocycles. The lowest BCUT2D eigenvalue weighted by atomic mass is 10.5. The SMILES string of the molecule is C#CC(=O)Nc1cnn(C)c1. The van der Waals surface area contributed by atoms with Crippen molar-refractivity contribution in [3.05, 3.63) is 12.4 Å². The predicted octanol–water partition coefficient (Wildman–Crippen LogP) is -0.00820. The maximum atomic E-state index is 10.6. The normalized spacial score (nSPS) is 8.73. The Bertz CT molecular complexity index is 308. The van der Waals surface area contributed by atoms with Crippen LogP contribution in [-0.2, 0) is 11.8 Å². The highest BCUT2D eigenvalue weighted by Gasteiger charge is 1.97. The molecule has 1 rings (SSSR count). The number of nitrogens with zero attached hydrogens (tertiary/aromatic N) is 2. The van der Waals surface area contributed by atoms with Gasteiger partial charge in [-0.15, -0.1) is 6.42 Å². The van der Waals surface area contributed by atoms with Gasteiger partial charge in [0.15, 0.2) is 0 Å². The van der Waals surface area contributed by atoms with Crippen molar-refractivity contribution in [1.82, 2.24) is 9.78 Å². The first kappa shape index (κ1) is 7.35. The highest BCUT2D eigenvalue weighted by Crippen LogP contribution is 2.01. The first-order chi connectivity index (χ1) is 5.22. The highest BCUT2D eigenvalue weighted by atomic mass is 16.1. The molecule has 0 saturated carbocycles. The Morgan fingerprint density at radius 3 is 3.09 bits per heavy atom. The molecule has 4 heteroatoms. The van der Waals surface area contributed by atoms with Crippen LogP contribution in [0.4, 0.5) is 5.69 Å². The molecule has 11 heavy (non-hydrogen) atoms. The number of rotatable bonds is 1. The van der Waals surface area contributed by atoms with Crippen LogP contribution in [0.15, 0.2) is 12.4 Å². The Balaban J connectivity index is 2.66. The van der Waals surface area contributed by atoms with E-state index in [1.165, 1.54) is 6.20 Å². The summed E-state index contributed by atoms with van der Waals surface area (Å²) in [6.45, 7) is 0. The largest absolute Gasteiger partial charge is 0.312 e. The van der Waals surface area contributed by atoms with Crippen LogP contribution in [0, 0.1) is 12.3 Å². The number of amides is 1. The molecule has 1 aromatic heterocycles. The van der Waals surface area contributed by atoms with E-state index in [1.807, 2.05) is 5.92 Å². The molecule has 1 amide bonds. The Hall–Kier alpha value is -1.76. The minimum Gasteiger partial charge on any atom is -0.312 e. The standard InChI is InChI=1S/C7H7N3O/c1-3-7(11)9-6-4-8-10(2)5-6/h1,4-5H,2H3,(H,9,11). The smallest absolute Gasteiger partial charge is 0.300 e. The van der Waals surface area contributed by atoms with Gasteiger partial charge in [0.25, 0.3) is 5.91 Å². The van der Waals surface area contributed by atoms with E-state index in [0.717, 1.165) is 0 Å². The first-order valence-corrected chi connectivity index (χ1v) is 2.98. The van der Waals surface area contributed by atoms with Crippen molar-refractivity contribution in [1.29, 1.82) is 0 Å². The van der Waals surface area contributed by atoms with Crippen molar-refractivity contribution in [3.63, 3.8) is 0 Å². The van der Waals surface area contributed by atoms with E-state index in [9.17, 15) is 4.79 Å². The number of anilines is 1. The molecule has 0 aromatic carbocycles. The Kier molecular flexibility index (Phi) is 1.93. The summed E-state index contributed by atoms with van der Waals surface area (Å²) in [4.78, 5) is 10.6. The number of hydrogen-bond donors (Lipinski definition) is 1. The average Bonchev–Trinajstić information content (AvgIpc) is 2.35. The van der Waals surface area contributed by atoms with Gasteiger partial charge in [0.05, 0.1) is 11.9 Å². The topological polar surface area (TPSA) is 46.9 Å². The molecule has 56 valence electrons. The lowest BCUT2D eigenvalue weighted by Gasteiger charge is -1.91. The van der Waals surface area contributed by atoms with Crippen LogP contribution in [0.1, 0.15) is 0 Å². The molecule has 1 heterocycles. The fourth-order valence-electron chi connectivity index (χ4n) is 0.653.